The van der Waals surface area contributed by atoms with Gasteiger partial charge in [0.15, 0.2) is 0 Å². The van der Waals surface area contributed by atoms with Crippen LogP contribution >= 0.6 is 23.2 Å². The molecule has 0 unspecified atom stereocenters. The van der Waals surface area contributed by atoms with Crippen molar-refractivity contribution in [3.8, 4) is 0 Å². The van der Waals surface area contributed by atoms with E-state index in [0.717, 1.165) is 9.80 Å². The minimum atomic E-state index is -5.57. The Labute approximate surface area is 367 Å². The van der Waals surface area contributed by atoms with Gasteiger partial charge in [0, 0.05) is 43.5 Å². The summed E-state index contributed by atoms with van der Waals surface area (Å²) in [5.41, 5.74) is -5.17. The number of amides is 7. The van der Waals surface area contributed by atoms with Crippen LogP contribution in [0.1, 0.15) is 85.6 Å². The van der Waals surface area contributed by atoms with Crippen LogP contribution in [0.15, 0.2) is 18.2 Å². The second kappa shape index (κ2) is 20.5. The number of alkyl halides is 5. The van der Waals surface area contributed by atoms with Crippen molar-refractivity contribution in [2.45, 2.75) is 140 Å². The van der Waals surface area contributed by atoms with E-state index in [1.54, 1.807) is 19.9 Å². The van der Waals surface area contributed by atoms with Gasteiger partial charge in [-0.1, -0.05) is 44.0 Å². The molecule has 6 atom stereocenters. The van der Waals surface area contributed by atoms with Gasteiger partial charge in [-0.15, -0.1) is 0 Å². The van der Waals surface area contributed by atoms with E-state index in [4.69, 9.17) is 23.2 Å². The lowest BCUT2D eigenvalue weighted by Gasteiger charge is -2.36. The molecule has 1 aromatic carbocycles. The van der Waals surface area contributed by atoms with Gasteiger partial charge in [0.25, 0.3) is 11.8 Å². The van der Waals surface area contributed by atoms with Crippen LogP contribution in [-0.2, 0) is 40.0 Å². The highest BCUT2D eigenvalue weighted by Gasteiger charge is 2.61. The average molecular weight is 929 g/mol. The van der Waals surface area contributed by atoms with E-state index in [9.17, 15) is 60.6 Å². The highest BCUT2D eigenvalue weighted by atomic mass is 35.5. The molecule has 0 saturated carbocycles. The van der Waals surface area contributed by atoms with Crippen LogP contribution in [0.3, 0.4) is 0 Å². The molecule has 2 fully saturated rings. The first kappa shape index (κ1) is 52.0. The van der Waals surface area contributed by atoms with Gasteiger partial charge in [0.1, 0.15) is 35.7 Å². The van der Waals surface area contributed by atoms with Crippen LogP contribution in [-0.4, -0.2) is 142 Å². The van der Waals surface area contributed by atoms with E-state index in [2.05, 4.69) is 21.3 Å². The number of carbonyl (C=O) groups excluding carboxylic acids is 7. The molecule has 5 N–H and O–H groups in total. The summed E-state index contributed by atoms with van der Waals surface area (Å²) in [5, 5.41) is 20.9. The first-order valence-electron chi connectivity index (χ1n) is 20.1. The van der Waals surface area contributed by atoms with Gasteiger partial charge in [-0.2, -0.15) is 13.2 Å². The Morgan fingerprint density at radius 1 is 1.06 bits per heavy atom. The van der Waals surface area contributed by atoms with E-state index < -0.39 is 108 Å². The van der Waals surface area contributed by atoms with Crippen molar-refractivity contribution >= 4 is 64.6 Å². The molecule has 1 aromatic rings. The molecule has 15 nitrogen and oxygen atoms in total. The third-order valence-corrected chi connectivity index (χ3v) is 11.6. The van der Waals surface area contributed by atoms with E-state index in [0.29, 0.717) is 10.6 Å². The summed E-state index contributed by atoms with van der Waals surface area (Å²) in [6.07, 6.45) is -6.83. The maximum absolute atomic E-state index is 14.6. The Morgan fingerprint density at radius 2 is 1.69 bits per heavy atom. The SMILES string of the molecule is CC[C@H](NC(=O)[C@@H]1CC(F)(F)CN1C(=O)[C@@](C)(O)C(F)(F)F)C(=O)N(C)[C@H]1CCCCNC(=O)C(C)(C)NC(=O)[C@H](Cc2cc(Cl)ccc2Cl)N(C)C(=O)[C@H](CC(C)C)NC1=O. The molecule has 2 aliphatic heterocycles. The van der Waals surface area contributed by atoms with Crippen LogP contribution < -0.4 is 21.3 Å². The standard InChI is InChI=1S/C40H56Cl2F5N7O8/c1-9-25(49-31(56)29-19-39(43,44)20-54(29)36(61)38(6,62)40(45,46)47)33(58)52(7)27-12-10-11-15-48-35(60)37(4,5)51-32(57)28(18-22-17-23(41)13-14-24(22)42)53(8)34(59)26(16-21(2)3)50-30(27)55/h13-14,17,21,25-29,62H,9-12,15-16,18-20H2,1-8H3,(H,48,60)(H,49,56)(H,50,55)(H,51,57)/t25-,26-,27-,28-,29-,38+/m0/s1. The molecule has 22 heteroatoms. The maximum Gasteiger partial charge on any atom is 0.426 e. The summed E-state index contributed by atoms with van der Waals surface area (Å²) in [4.78, 5) is 98.3. The molecule has 348 valence electrons. The third kappa shape index (κ3) is 12.7. The van der Waals surface area contributed by atoms with Crippen LogP contribution in [0.25, 0.3) is 0 Å². The minimum absolute atomic E-state index is 0.0492. The number of aliphatic hydroxyl groups is 1. The number of carbonyl (C=O) groups is 7. The number of likely N-dealkylation sites (tertiary alicyclic amines) is 1. The molecule has 3 rings (SSSR count). The van der Waals surface area contributed by atoms with E-state index in [1.165, 1.54) is 47.0 Å². The van der Waals surface area contributed by atoms with E-state index >= 15 is 0 Å². The Hall–Kier alpha value is -4.30. The highest BCUT2D eigenvalue weighted by molar-refractivity contribution is 6.33. The molecular weight excluding hydrogens is 872 g/mol. The summed E-state index contributed by atoms with van der Waals surface area (Å²) in [7, 11) is 2.58. The van der Waals surface area contributed by atoms with E-state index in [-0.39, 0.29) is 67.8 Å². The van der Waals surface area contributed by atoms with Gasteiger partial charge in [-0.3, -0.25) is 33.6 Å². The van der Waals surface area contributed by atoms with Crippen molar-refractivity contribution in [1.82, 2.24) is 36.0 Å². The molecule has 0 bridgehead atoms. The summed E-state index contributed by atoms with van der Waals surface area (Å²) in [6, 6.07) is -3.06. The number of rotatable bonds is 10. The zero-order valence-electron chi connectivity index (χ0n) is 35.9. The Balaban J connectivity index is 1.99. The molecule has 2 heterocycles. The molecular formula is C40H56Cl2F5N7O8. The van der Waals surface area contributed by atoms with Crippen molar-refractivity contribution in [1.29, 1.82) is 0 Å². The normalized spacial score (nSPS) is 24.4. The summed E-state index contributed by atoms with van der Waals surface area (Å²) in [6.45, 7) is 6.52. The summed E-state index contributed by atoms with van der Waals surface area (Å²) < 4.78 is 69.7. The van der Waals surface area contributed by atoms with Crippen LogP contribution in [0.5, 0.6) is 0 Å². The molecule has 7 amide bonds. The van der Waals surface area contributed by atoms with Gasteiger partial charge in [0.2, 0.25) is 41.0 Å². The topological polar surface area (TPSA) is 198 Å². The summed E-state index contributed by atoms with van der Waals surface area (Å²) in [5.74, 6) is -11.3. The molecule has 0 aliphatic carbocycles. The molecule has 62 heavy (non-hydrogen) atoms. The predicted molar refractivity (Wildman–Crippen MR) is 218 cm³/mol. The second-order valence-electron chi connectivity index (χ2n) is 17.0. The fourth-order valence-corrected chi connectivity index (χ4v) is 7.57. The number of hydrogen-bond acceptors (Lipinski definition) is 8. The molecule has 2 aliphatic rings. The van der Waals surface area contributed by atoms with Gasteiger partial charge < -0.3 is 41.1 Å². The van der Waals surface area contributed by atoms with Crippen LogP contribution in [0.4, 0.5) is 22.0 Å². The number of halogens is 7. The lowest BCUT2D eigenvalue weighted by Crippen LogP contribution is -2.62. The summed E-state index contributed by atoms with van der Waals surface area (Å²) >= 11 is 12.7. The smallest absolute Gasteiger partial charge is 0.373 e. The zero-order chi connectivity index (χ0) is 47.3. The molecule has 0 radical (unpaired) electrons. The molecule has 2 saturated heterocycles. The van der Waals surface area contributed by atoms with Gasteiger partial charge in [-0.25, -0.2) is 8.78 Å². The number of nitrogens with zero attached hydrogens (tertiary/aromatic N) is 3. The van der Waals surface area contributed by atoms with Crippen molar-refractivity contribution in [2.24, 2.45) is 5.92 Å². The Bertz CT molecular complexity index is 1870. The van der Waals surface area contributed by atoms with Crippen molar-refractivity contribution in [3.05, 3.63) is 33.8 Å². The quantitative estimate of drug-likeness (QED) is 0.220. The monoisotopic (exact) mass is 927 g/mol. The van der Waals surface area contributed by atoms with Gasteiger partial charge in [0.05, 0.1) is 6.54 Å². The number of benzene rings is 1. The zero-order valence-corrected chi connectivity index (χ0v) is 37.4. The number of likely N-dealkylation sites (N-methyl/N-ethyl adjacent to an activating group) is 2. The first-order valence-corrected chi connectivity index (χ1v) is 20.9. The van der Waals surface area contributed by atoms with Gasteiger partial charge in [-0.05, 0) is 82.6 Å². The fourth-order valence-electron chi connectivity index (χ4n) is 7.18. The number of hydrogen-bond donors (Lipinski definition) is 5. The predicted octanol–water partition coefficient (Wildman–Crippen LogP) is 3.36. The maximum atomic E-state index is 14.6. The molecule has 0 aromatic heterocycles. The first-order chi connectivity index (χ1) is 28.4. The Morgan fingerprint density at radius 3 is 2.27 bits per heavy atom. The van der Waals surface area contributed by atoms with Crippen LogP contribution in [0, 0.1) is 5.92 Å². The lowest BCUT2D eigenvalue weighted by molar-refractivity contribution is -0.250. The van der Waals surface area contributed by atoms with Crippen molar-refractivity contribution < 1.29 is 60.6 Å². The van der Waals surface area contributed by atoms with Crippen molar-refractivity contribution in [2.75, 3.05) is 27.2 Å². The Kier molecular flexibility index (Phi) is 17.2. The van der Waals surface area contributed by atoms with Crippen molar-refractivity contribution in [3.63, 3.8) is 0 Å². The fraction of sp³-hybridized carbons (Fsp3) is 0.675. The third-order valence-electron chi connectivity index (χ3n) is 11.0. The van der Waals surface area contributed by atoms with Gasteiger partial charge >= 0.3 is 6.18 Å². The minimum Gasteiger partial charge on any atom is -0.373 e. The van der Waals surface area contributed by atoms with Crippen LogP contribution in [0.2, 0.25) is 10.0 Å². The second-order valence-corrected chi connectivity index (χ2v) is 17.8. The molecule has 0 spiro atoms. The average Bonchev–Trinajstić information content (AvgIpc) is 3.50. The number of nitrogens with one attached hydrogen (secondary N) is 4. The van der Waals surface area contributed by atoms with E-state index in [1.807, 2.05) is 0 Å². The largest absolute Gasteiger partial charge is 0.426 e. The highest BCUT2D eigenvalue weighted by Crippen LogP contribution is 2.38. The lowest BCUT2D eigenvalue weighted by atomic mass is 9.97.